The van der Waals surface area contributed by atoms with Crippen LogP contribution in [0, 0.1) is 0 Å². The van der Waals surface area contributed by atoms with E-state index < -0.39 is 0 Å². The van der Waals surface area contributed by atoms with E-state index in [0.29, 0.717) is 25.6 Å². The average molecular weight is 316 g/mol. The van der Waals surface area contributed by atoms with E-state index in [-0.39, 0.29) is 5.91 Å². The molecule has 0 radical (unpaired) electrons. The highest BCUT2D eigenvalue weighted by molar-refractivity contribution is 7.14. The minimum atomic E-state index is 0.0979. The molecule has 0 spiro atoms. The van der Waals surface area contributed by atoms with Crippen LogP contribution in [0.3, 0.4) is 0 Å². The molecule has 0 aliphatic heterocycles. The van der Waals surface area contributed by atoms with Crippen LogP contribution in [0.2, 0.25) is 0 Å². The zero-order valence-corrected chi connectivity index (χ0v) is 13.6. The van der Waals surface area contributed by atoms with Crippen molar-refractivity contribution in [2.75, 3.05) is 32.7 Å². The molecule has 112 valence electrons. The highest BCUT2D eigenvalue weighted by Gasteiger charge is 2.20. The summed E-state index contributed by atoms with van der Waals surface area (Å²) in [6.45, 7) is 1.73. The molecule has 1 aromatic heterocycles. The predicted molar refractivity (Wildman–Crippen MR) is 84.1 cm³/mol. The number of carbonyl (C=O) groups is 1. The average Bonchev–Trinajstić information content (AvgIpc) is 2.74. The molecule has 1 amide bonds. The van der Waals surface area contributed by atoms with E-state index in [1.165, 1.54) is 29.7 Å². The maximum absolute atomic E-state index is 12.6. The Morgan fingerprint density at radius 1 is 1.35 bits per heavy atom. The van der Waals surface area contributed by atoms with Gasteiger partial charge in [-0.05, 0) is 37.3 Å². The molecular formula is C15H22ClNO2S. The Morgan fingerprint density at radius 2 is 2.15 bits per heavy atom. The first-order valence-corrected chi connectivity index (χ1v) is 8.57. The Labute approximate surface area is 129 Å². The van der Waals surface area contributed by atoms with E-state index in [1.807, 2.05) is 0 Å². The van der Waals surface area contributed by atoms with E-state index in [9.17, 15) is 4.79 Å². The van der Waals surface area contributed by atoms with Crippen molar-refractivity contribution in [3.05, 3.63) is 21.4 Å². The molecule has 1 aromatic rings. The van der Waals surface area contributed by atoms with Crippen LogP contribution in [0.1, 0.15) is 39.4 Å². The summed E-state index contributed by atoms with van der Waals surface area (Å²) in [7, 11) is 1.65. The molecular weight excluding hydrogens is 294 g/mol. The fourth-order valence-corrected chi connectivity index (χ4v) is 3.97. The Morgan fingerprint density at radius 3 is 2.90 bits per heavy atom. The first kappa shape index (κ1) is 15.8. The normalized spacial score (nSPS) is 14.7. The summed E-state index contributed by atoms with van der Waals surface area (Å²) in [5, 5.41) is 0. The molecule has 0 N–H and O–H groups in total. The first-order chi connectivity index (χ1) is 9.76. The summed E-state index contributed by atoms with van der Waals surface area (Å²) in [5.41, 5.74) is 1.38. The van der Waals surface area contributed by atoms with Gasteiger partial charge in [-0.1, -0.05) is 6.42 Å². The van der Waals surface area contributed by atoms with Gasteiger partial charge in [0.05, 0.1) is 11.5 Å². The lowest BCUT2D eigenvalue weighted by molar-refractivity contribution is 0.0712. The van der Waals surface area contributed by atoms with Crippen molar-refractivity contribution in [3.63, 3.8) is 0 Å². The highest BCUT2D eigenvalue weighted by Crippen LogP contribution is 2.29. The van der Waals surface area contributed by atoms with E-state index in [2.05, 4.69) is 6.07 Å². The van der Waals surface area contributed by atoms with Crippen LogP contribution >= 0.6 is 22.9 Å². The summed E-state index contributed by atoms with van der Waals surface area (Å²) in [6.07, 6.45) is 6.03. The second-order valence-electron chi connectivity index (χ2n) is 5.09. The number of alkyl halides is 1. The van der Waals surface area contributed by atoms with Crippen LogP contribution in [0.15, 0.2) is 6.07 Å². The lowest BCUT2D eigenvalue weighted by atomic mass is 10.1. The van der Waals surface area contributed by atoms with Gasteiger partial charge in [-0.2, -0.15) is 0 Å². The number of aryl methyl sites for hydroxylation is 2. The molecule has 0 fully saturated rings. The Bertz CT molecular complexity index is 424. The number of fused-ring (bicyclic) bond motifs is 1. The van der Waals surface area contributed by atoms with E-state index in [0.717, 1.165) is 17.7 Å². The number of halogens is 1. The third-order valence-corrected chi connectivity index (χ3v) is 5.06. The number of thiophene rings is 1. The van der Waals surface area contributed by atoms with Crippen molar-refractivity contribution in [2.45, 2.75) is 32.1 Å². The summed E-state index contributed by atoms with van der Waals surface area (Å²) in [6, 6.07) is 2.10. The predicted octanol–water partition coefficient (Wildman–Crippen LogP) is 3.34. The monoisotopic (exact) mass is 315 g/mol. The molecule has 0 saturated heterocycles. The molecule has 1 aliphatic carbocycles. The van der Waals surface area contributed by atoms with Gasteiger partial charge in [0.2, 0.25) is 0 Å². The fourth-order valence-electron chi connectivity index (χ4n) is 2.55. The lowest BCUT2D eigenvalue weighted by Crippen LogP contribution is -2.35. The van der Waals surface area contributed by atoms with Crippen molar-refractivity contribution in [1.29, 1.82) is 0 Å². The Kier molecular flexibility index (Phi) is 6.33. The lowest BCUT2D eigenvalue weighted by Gasteiger charge is -2.20. The van der Waals surface area contributed by atoms with Gasteiger partial charge < -0.3 is 9.64 Å². The zero-order valence-electron chi connectivity index (χ0n) is 12.0. The smallest absolute Gasteiger partial charge is 0.264 e. The van der Waals surface area contributed by atoms with Gasteiger partial charge in [0.25, 0.3) is 5.91 Å². The minimum Gasteiger partial charge on any atom is -0.383 e. The SMILES string of the molecule is COCCN(CCCl)C(=O)c1cc2c(s1)CCCCC2. The molecule has 3 nitrogen and oxygen atoms in total. The second-order valence-corrected chi connectivity index (χ2v) is 6.61. The van der Waals surface area contributed by atoms with E-state index in [4.69, 9.17) is 16.3 Å². The summed E-state index contributed by atoms with van der Waals surface area (Å²) in [4.78, 5) is 16.6. The molecule has 0 unspecified atom stereocenters. The number of ether oxygens (including phenoxy) is 1. The van der Waals surface area contributed by atoms with Crippen molar-refractivity contribution in [2.24, 2.45) is 0 Å². The van der Waals surface area contributed by atoms with Gasteiger partial charge in [-0.3, -0.25) is 4.79 Å². The second kappa shape index (κ2) is 8.01. The molecule has 0 bridgehead atoms. The Balaban J connectivity index is 2.10. The molecule has 0 atom stereocenters. The molecule has 5 heteroatoms. The summed E-state index contributed by atoms with van der Waals surface area (Å²) in [5.74, 6) is 0.557. The molecule has 2 rings (SSSR count). The number of hydrogen-bond donors (Lipinski definition) is 0. The van der Waals surface area contributed by atoms with Crippen LogP contribution in [-0.2, 0) is 17.6 Å². The molecule has 0 saturated carbocycles. The van der Waals surface area contributed by atoms with Crippen molar-refractivity contribution >= 4 is 28.8 Å². The van der Waals surface area contributed by atoms with Crippen LogP contribution in [-0.4, -0.2) is 43.5 Å². The standard InChI is InChI=1S/C15H22ClNO2S/c1-19-10-9-17(8-7-16)15(18)14-11-12-5-3-2-4-6-13(12)20-14/h11H,2-10H2,1H3. The topological polar surface area (TPSA) is 29.5 Å². The van der Waals surface area contributed by atoms with Crippen molar-refractivity contribution < 1.29 is 9.53 Å². The van der Waals surface area contributed by atoms with Crippen molar-refractivity contribution in [1.82, 2.24) is 4.90 Å². The summed E-state index contributed by atoms with van der Waals surface area (Å²) < 4.78 is 5.07. The van der Waals surface area contributed by atoms with Crippen LogP contribution in [0.4, 0.5) is 0 Å². The van der Waals surface area contributed by atoms with Crippen LogP contribution in [0.25, 0.3) is 0 Å². The zero-order chi connectivity index (χ0) is 14.4. The summed E-state index contributed by atoms with van der Waals surface area (Å²) >= 11 is 7.47. The molecule has 0 aromatic carbocycles. The third kappa shape index (κ3) is 3.96. The Hall–Kier alpha value is -0.580. The van der Waals surface area contributed by atoms with Gasteiger partial charge in [0.1, 0.15) is 0 Å². The molecule has 1 heterocycles. The number of rotatable bonds is 6. The maximum Gasteiger partial charge on any atom is 0.264 e. The van der Waals surface area contributed by atoms with E-state index in [1.54, 1.807) is 23.3 Å². The number of hydrogen-bond acceptors (Lipinski definition) is 3. The van der Waals surface area contributed by atoms with E-state index >= 15 is 0 Å². The van der Waals surface area contributed by atoms with Gasteiger partial charge in [0.15, 0.2) is 0 Å². The highest BCUT2D eigenvalue weighted by atomic mass is 35.5. The minimum absolute atomic E-state index is 0.0979. The maximum atomic E-state index is 12.6. The number of nitrogens with zero attached hydrogens (tertiary/aromatic N) is 1. The number of amides is 1. The largest absolute Gasteiger partial charge is 0.383 e. The van der Waals surface area contributed by atoms with Gasteiger partial charge in [0, 0.05) is 31.0 Å². The first-order valence-electron chi connectivity index (χ1n) is 7.22. The quantitative estimate of drug-likeness (QED) is 0.595. The van der Waals surface area contributed by atoms with Gasteiger partial charge in [-0.15, -0.1) is 22.9 Å². The molecule has 1 aliphatic rings. The van der Waals surface area contributed by atoms with Crippen LogP contribution in [0.5, 0.6) is 0 Å². The fraction of sp³-hybridized carbons (Fsp3) is 0.667. The van der Waals surface area contributed by atoms with Crippen LogP contribution < -0.4 is 0 Å². The molecule has 20 heavy (non-hydrogen) atoms. The van der Waals surface area contributed by atoms with Gasteiger partial charge in [-0.25, -0.2) is 0 Å². The van der Waals surface area contributed by atoms with Gasteiger partial charge >= 0.3 is 0 Å². The van der Waals surface area contributed by atoms with Crippen molar-refractivity contribution in [3.8, 4) is 0 Å². The third-order valence-electron chi connectivity index (χ3n) is 3.66. The number of carbonyl (C=O) groups excluding carboxylic acids is 1. The number of methoxy groups -OCH3 is 1.